The number of hydrogen-bond acceptors (Lipinski definition) is 3. The molecule has 2 unspecified atom stereocenters. The van der Waals surface area contributed by atoms with E-state index in [0.29, 0.717) is 29.5 Å². The number of hydrogen-bond donors (Lipinski definition) is 0. The van der Waals surface area contributed by atoms with Crippen molar-refractivity contribution in [2.45, 2.75) is 64.9 Å². The molecule has 24 heavy (non-hydrogen) atoms. The minimum Gasteiger partial charge on any atom is -0.457 e. The maximum absolute atomic E-state index is 11.8. The van der Waals surface area contributed by atoms with Crippen LogP contribution in [0.1, 0.15) is 58.8 Å². The van der Waals surface area contributed by atoms with Crippen LogP contribution in [-0.4, -0.2) is 17.9 Å². The zero-order chi connectivity index (χ0) is 17.1. The molecular weight excluding hydrogens is 300 g/mol. The maximum Gasteiger partial charge on any atom is 0.303 e. The summed E-state index contributed by atoms with van der Waals surface area (Å²) >= 11 is 0. The van der Waals surface area contributed by atoms with E-state index in [4.69, 9.17) is 4.74 Å². The Bertz CT molecular complexity index is 631. The van der Waals surface area contributed by atoms with E-state index in [1.165, 1.54) is 25.3 Å². The number of carbonyl (C=O) groups is 2. The van der Waals surface area contributed by atoms with Crippen LogP contribution in [0.25, 0.3) is 0 Å². The third-order valence-electron chi connectivity index (χ3n) is 7.47. The molecular formula is C21H28O3. The Kier molecular flexibility index (Phi) is 3.74. The van der Waals surface area contributed by atoms with Crippen LogP contribution >= 0.6 is 0 Å². The molecule has 4 aliphatic carbocycles. The van der Waals surface area contributed by atoms with Crippen LogP contribution in [0.2, 0.25) is 0 Å². The molecule has 3 saturated carbocycles. The lowest BCUT2D eigenvalue weighted by Gasteiger charge is -2.53. The van der Waals surface area contributed by atoms with Crippen LogP contribution in [0.4, 0.5) is 0 Å². The first-order valence-corrected chi connectivity index (χ1v) is 9.48. The molecule has 3 nitrogen and oxygen atoms in total. The normalized spacial score (nSPS) is 44.2. The lowest BCUT2D eigenvalue weighted by molar-refractivity contribution is -0.153. The SMILES string of the molecule is C=C1CC2[C@@H]3CCC4=CC(=O)CCC4[C@H]3CC[C@]2(C)[C@@H]1OC(C)=O. The van der Waals surface area contributed by atoms with Gasteiger partial charge in [0.05, 0.1) is 0 Å². The van der Waals surface area contributed by atoms with E-state index >= 15 is 0 Å². The van der Waals surface area contributed by atoms with Crippen LogP contribution in [0, 0.1) is 29.1 Å². The summed E-state index contributed by atoms with van der Waals surface area (Å²) in [4.78, 5) is 23.3. The second-order valence-corrected chi connectivity index (χ2v) is 8.70. The molecule has 4 rings (SSSR count). The first-order valence-electron chi connectivity index (χ1n) is 9.48. The summed E-state index contributed by atoms with van der Waals surface area (Å²) in [6.45, 7) is 8.07. The van der Waals surface area contributed by atoms with Crippen molar-refractivity contribution in [3.05, 3.63) is 23.8 Å². The van der Waals surface area contributed by atoms with Crippen molar-refractivity contribution in [1.82, 2.24) is 0 Å². The lowest BCUT2D eigenvalue weighted by atomic mass is 9.52. The number of carbonyl (C=O) groups excluding carboxylic acids is 2. The van der Waals surface area contributed by atoms with Crippen LogP contribution in [0.3, 0.4) is 0 Å². The molecule has 3 heteroatoms. The maximum atomic E-state index is 11.8. The van der Waals surface area contributed by atoms with Gasteiger partial charge in [0.25, 0.3) is 0 Å². The molecule has 0 N–H and O–H groups in total. The fourth-order valence-corrected chi connectivity index (χ4v) is 6.48. The Morgan fingerprint density at radius 2 is 2.04 bits per heavy atom. The van der Waals surface area contributed by atoms with Gasteiger partial charge in [-0.15, -0.1) is 0 Å². The fraction of sp³-hybridized carbons (Fsp3) is 0.714. The number of ether oxygens (including phenoxy) is 1. The van der Waals surface area contributed by atoms with Crippen LogP contribution in [-0.2, 0) is 14.3 Å². The van der Waals surface area contributed by atoms with Gasteiger partial charge in [0.2, 0.25) is 0 Å². The second-order valence-electron chi connectivity index (χ2n) is 8.70. The van der Waals surface area contributed by atoms with Crippen LogP contribution < -0.4 is 0 Å². The Morgan fingerprint density at radius 3 is 2.79 bits per heavy atom. The van der Waals surface area contributed by atoms with Gasteiger partial charge in [-0.2, -0.15) is 0 Å². The summed E-state index contributed by atoms with van der Waals surface area (Å²) in [7, 11) is 0. The lowest BCUT2D eigenvalue weighted by Crippen LogP contribution is -2.48. The van der Waals surface area contributed by atoms with Crippen LogP contribution in [0.15, 0.2) is 23.8 Å². The van der Waals surface area contributed by atoms with Gasteiger partial charge in [0.1, 0.15) is 6.10 Å². The van der Waals surface area contributed by atoms with E-state index in [1.54, 1.807) is 0 Å². The van der Waals surface area contributed by atoms with E-state index in [-0.39, 0.29) is 17.5 Å². The highest BCUT2D eigenvalue weighted by atomic mass is 16.5. The molecule has 0 aromatic rings. The largest absolute Gasteiger partial charge is 0.457 e. The molecule has 130 valence electrons. The van der Waals surface area contributed by atoms with E-state index in [1.807, 2.05) is 6.08 Å². The number of esters is 1. The Labute approximate surface area is 144 Å². The molecule has 4 aliphatic rings. The minimum absolute atomic E-state index is 0.0512. The molecule has 0 spiro atoms. The highest BCUT2D eigenvalue weighted by molar-refractivity contribution is 5.91. The summed E-state index contributed by atoms with van der Waals surface area (Å²) in [6, 6.07) is 0. The first kappa shape index (κ1) is 16.1. The van der Waals surface area contributed by atoms with Gasteiger partial charge >= 0.3 is 5.97 Å². The van der Waals surface area contributed by atoms with Gasteiger partial charge in [0.15, 0.2) is 5.78 Å². The van der Waals surface area contributed by atoms with Crippen molar-refractivity contribution >= 4 is 11.8 Å². The zero-order valence-electron chi connectivity index (χ0n) is 14.8. The molecule has 3 fully saturated rings. The van der Waals surface area contributed by atoms with Gasteiger partial charge in [0, 0.05) is 18.8 Å². The van der Waals surface area contributed by atoms with Crippen LogP contribution in [0.5, 0.6) is 0 Å². The molecule has 0 bridgehead atoms. The van der Waals surface area contributed by atoms with E-state index in [0.717, 1.165) is 37.7 Å². The third-order valence-corrected chi connectivity index (χ3v) is 7.47. The smallest absolute Gasteiger partial charge is 0.303 e. The van der Waals surface area contributed by atoms with Gasteiger partial charge < -0.3 is 4.74 Å². The number of allylic oxidation sites excluding steroid dienone is 1. The summed E-state index contributed by atoms with van der Waals surface area (Å²) < 4.78 is 5.70. The molecule has 0 amide bonds. The van der Waals surface area contributed by atoms with Crippen molar-refractivity contribution in [1.29, 1.82) is 0 Å². The molecule has 0 aliphatic heterocycles. The van der Waals surface area contributed by atoms with Gasteiger partial charge in [-0.25, -0.2) is 0 Å². The summed E-state index contributed by atoms with van der Waals surface area (Å²) in [5.74, 6) is 2.73. The molecule has 0 aromatic carbocycles. The second kappa shape index (κ2) is 5.57. The van der Waals surface area contributed by atoms with Gasteiger partial charge in [-0.05, 0) is 73.8 Å². The van der Waals surface area contributed by atoms with E-state index in [2.05, 4.69) is 13.5 Å². The predicted octanol–water partition coefficient (Wildman–Crippen LogP) is 4.23. The first-order chi connectivity index (χ1) is 11.4. The molecule has 0 aromatic heterocycles. The monoisotopic (exact) mass is 328 g/mol. The predicted molar refractivity (Wildman–Crippen MR) is 92.2 cm³/mol. The van der Waals surface area contributed by atoms with Gasteiger partial charge in [-0.1, -0.05) is 19.1 Å². The topological polar surface area (TPSA) is 43.4 Å². The average molecular weight is 328 g/mol. The summed E-state index contributed by atoms with van der Waals surface area (Å²) in [5, 5.41) is 0. The molecule has 0 radical (unpaired) electrons. The Hall–Kier alpha value is -1.38. The van der Waals surface area contributed by atoms with Crippen molar-refractivity contribution in [2.24, 2.45) is 29.1 Å². The molecule has 0 heterocycles. The number of rotatable bonds is 1. The quantitative estimate of drug-likeness (QED) is 0.534. The van der Waals surface area contributed by atoms with E-state index < -0.39 is 0 Å². The Morgan fingerprint density at radius 1 is 1.25 bits per heavy atom. The Balaban J connectivity index is 1.61. The van der Waals surface area contributed by atoms with Gasteiger partial charge in [-0.3, -0.25) is 9.59 Å². The fourth-order valence-electron chi connectivity index (χ4n) is 6.48. The van der Waals surface area contributed by atoms with Crippen molar-refractivity contribution < 1.29 is 14.3 Å². The zero-order valence-corrected chi connectivity index (χ0v) is 14.8. The highest BCUT2D eigenvalue weighted by Crippen LogP contribution is 2.63. The highest BCUT2D eigenvalue weighted by Gasteiger charge is 2.58. The minimum atomic E-state index is -0.190. The summed E-state index contributed by atoms with van der Waals surface area (Å²) in [5.41, 5.74) is 2.58. The number of fused-ring (bicyclic) bond motifs is 5. The average Bonchev–Trinajstić information content (AvgIpc) is 2.78. The molecule has 0 saturated heterocycles. The number of ketones is 1. The summed E-state index contributed by atoms with van der Waals surface area (Å²) in [6.07, 6.45) is 9.17. The van der Waals surface area contributed by atoms with Crippen molar-refractivity contribution in [3.8, 4) is 0 Å². The molecule has 6 atom stereocenters. The standard InChI is InChI=1S/C21H28O3/c1-12-10-19-18-6-4-14-11-15(23)5-7-16(14)17(18)8-9-21(19,3)20(12)24-13(2)22/h11,16-20H,1,4-10H2,2-3H3/t16?,17-,18-,19?,20-,21+/m1/s1. The van der Waals surface area contributed by atoms with Crippen molar-refractivity contribution in [2.75, 3.05) is 0 Å². The van der Waals surface area contributed by atoms with E-state index in [9.17, 15) is 9.59 Å². The third kappa shape index (κ3) is 2.31. The van der Waals surface area contributed by atoms with Crippen molar-refractivity contribution in [3.63, 3.8) is 0 Å².